The molecule has 1 N–H and O–H groups in total. The molecule has 0 bridgehead atoms. The highest BCUT2D eigenvalue weighted by Gasteiger charge is 2.27. The van der Waals surface area contributed by atoms with E-state index < -0.39 is 22.5 Å². The first-order valence-corrected chi connectivity index (χ1v) is 11.9. The van der Waals surface area contributed by atoms with Crippen LogP contribution in [0.15, 0.2) is 71.6 Å². The molecule has 33 heavy (non-hydrogen) atoms. The van der Waals surface area contributed by atoms with Crippen molar-refractivity contribution >= 4 is 33.2 Å². The molecule has 0 spiro atoms. The lowest BCUT2D eigenvalue weighted by Crippen LogP contribution is -2.37. The number of hydrogen-bond acceptors (Lipinski definition) is 5. The predicted molar refractivity (Wildman–Crippen MR) is 128 cm³/mol. The van der Waals surface area contributed by atoms with Gasteiger partial charge in [0.1, 0.15) is 0 Å². The maximum atomic E-state index is 13.4. The summed E-state index contributed by atoms with van der Waals surface area (Å²) in [7, 11) is -0.951. The van der Waals surface area contributed by atoms with E-state index in [0.29, 0.717) is 27.8 Å². The third-order valence-electron chi connectivity index (χ3n) is 4.89. The Kier molecular flexibility index (Phi) is 7.97. The first-order valence-electron chi connectivity index (χ1n) is 10.1. The lowest BCUT2D eigenvalue weighted by atomic mass is 10.2. The minimum Gasteiger partial charge on any atom is -0.493 e. The minimum absolute atomic E-state index is 0.0177. The molecule has 3 aromatic rings. The molecular formula is C24H25ClN2O5S. The average Bonchev–Trinajstić information content (AvgIpc) is 2.79. The Hall–Kier alpha value is -3.07. The summed E-state index contributed by atoms with van der Waals surface area (Å²) < 4.78 is 38.3. The van der Waals surface area contributed by atoms with Crippen molar-refractivity contribution in [3.05, 3.63) is 82.9 Å². The topological polar surface area (TPSA) is 84.9 Å². The molecule has 0 unspecified atom stereocenters. The summed E-state index contributed by atoms with van der Waals surface area (Å²) >= 11 is 6.07. The van der Waals surface area contributed by atoms with Crippen molar-refractivity contribution < 1.29 is 22.7 Å². The van der Waals surface area contributed by atoms with Crippen molar-refractivity contribution in [2.24, 2.45) is 0 Å². The number of rotatable bonds is 9. The Morgan fingerprint density at radius 1 is 0.970 bits per heavy atom. The fourth-order valence-corrected chi connectivity index (χ4v) is 4.80. The molecule has 7 nitrogen and oxygen atoms in total. The fraction of sp³-hybridized carbons (Fsp3) is 0.208. The number of aryl methyl sites for hydroxylation is 1. The summed E-state index contributed by atoms with van der Waals surface area (Å²) in [6.07, 6.45) is 0. The van der Waals surface area contributed by atoms with E-state index in [-0.39, 0.29) is 11.4 Å². The number of halogens is 1. The maximum Gasteiger partial charge on any atom is 0.243 e. The van der Waals surface area contributed by atoms with Gasteiger partial charge in [-0.05, 0) is 48.9 Å². The molecule has 0 aliphatic carbocycles. The van der Waals surface area contributed by atoms with Crippen molar-refractivity contribution in [1.82, 2.24) is 4.31 Å². The number of nitrogens with zero attached hydrogens (tertiary/aromatic N) is 1. The quantitative estimate of drug-likeness (QED) is 0.479. The molecule has 0 saturated heterocycles. The number of sulfonamides is 1. The molecular weight excluding hydrogens is 464 g/mol. The zero-order chi connectivity index (χ0) is 24.0. The second-order valence-corrected chi connectivity index (χ2v) is 9.71. The number of carbonyl (C=O) groups is 1. The van der Waals surface area contributed by atoms with E-state index in [1.807, 2.05) is 6.92 Å². The molecule has 0 aliphatic rings. The lowest BCUT2D eigenvalue weighted by Gasteiger charge is -2.22. The highest BCUT2D eigenvalue weighted by Crippen LogP contribution is 2.30. The molecule has 0 aromatic heterocycles. The van der Waals surface area contributed by atoms with Crippen LogP contribution >= 0.6 is 11.6 Å². The van der Waals surface area contributed by atoms with Gasteiger partial charge in [-0.25, -0.2) is 8.42 Å². The second-order valence-electron chi connectivity index (χ2n) is 7.33. The summed E-state index contributed by atoms with van der Waals surface area (Å²) in [4.78, 5) is 13.0. The summed E-state index contributed by atoms with van der Waals surface area (Å²) in [5.74, 6) is 0.457. The maximum absolute atomic E-state index is 13.4. The van der Waals surface area contributed by atoms with Crippen LogP contribution in [0.1, 0.15) is 11.1 Å². The van der Waals surface area contributed by atoms with Gasteiger partial charge in [-0.15, -0.1) is 0 Å². The standard InChI is InChI=1S/C24H25ClN2O5S/c1-17-7-10-21(11-8-17)33(29,30)27(15-18-5-4-6-19(25)13-18)16-24(28)26-20-9-12-22(31-2)23(14-20)32-3/h4-14H,15-16H2,1-3H3,(H,26,28). The molecule has 0 heterocycles. The molecule has 9 heteroatoms. The average molecular weight is 489 g/mol. The van der Waals surface area contributed by atoms with Crippen LogP contribution in [0.5, 0.6) is 11.5 Å². The van der Waals surface area contributed by atoms with Crippen LogP contribution in [0.2, 0.25) is 5.02 Å². The van der Waals surface area contributed by atoms with E-state index >= 15 is 0 Å². The van der Waals surface area contributed by atoms with Crippen molar-refractivity contribution in [3.63, 3.8) is 0 Å². The molecule has 0 radical (unpaired) electrons. The fourth-order valence-electron chi connectivity index (χ4n) is 3.20. The first-order chi connectivity index (χ1) is 15.7. The zero-order valence-corrected chi connectivity index (χ0v) is 20.1. The Balaban J connectivity index is 1.87. The largest absolute Gasteiger partial charge is 0.493 e. The lowest BCUT2D eigenvalue weighted by molar-refractivity contribution is -0.116. The van der Waals surface area contributed by atoms with Crippen molar-refractivity contribution in [2.75, 3.05) is 26.1 Å². The monoisotopic (exact) mass is 488 g/mol. The first kappa shape index (κ1) is 24.6. The predicted octanol–water partition coefficient (Wildman–Crippen LogP) is 4.50. The Labute approximate surface area is 198 Å². The van der Waals surface area contributed by atoms with E-state index in [9.17, 15) is 13.2 Å². The number of methoxy groups -OCH3 is 2. The Morgan fingerprint density at radius 2 is 1.67 bits per heavy atom. The van der Waals surface area contributed by atoms with Gasteiger partial charge in [0.05, 0.1) is 25.7 Å². The van der Waals surface area contributed by atoms with Crippen molar-refractivity contribution in [2.45, 2.75) is 18.4 Å². The third-order valence-corrected chi connectivity index (χ3v) is 6.93. The number of hydrogen-bond donors (Lipinski definition) is 1. The smallest absolute Gasteiger partial charge is 0.243 e. The molecule has 174 valence electrons. The van der Waals surface area contributed by atoms with E-state index in [4.69, 9.17) is 21.1 Å². The Bertz CT molecular complexity index is 1230. The summed E-state index contributed by atoms with van der Waals surface area (Å²) in [6, 6.07) is 18.3. The zero-order valence-electron chi connectivity index (χ0n) is 18.5. The molecule has 0 atom stereocenters. The van der Waals surface area contributed by atoms with Crippen molar-refractivity contribution in [3.8, 4) is 11.5 Å². The summed E-state index contributed by atoms with van der Waals surface area (Å²) in [5.41, 5.74) is 2.05. The normalized spacial score (nSPS) is 11.3. The van der Waals surface area contributed by atoms with Crippen LogP contribution in [0.25, 0.3) is 0 Å². The number of carbonyl (C=O) groups excluding carboxylic acids is 1. The van der Waals surface area contributed by atoms with Crippen LogP contribution < -0.4 is 14.8 Å². The molecule has 0 aliphatic heterocycles. The van der Waals surface area contributed by atoms with Gasteiger partial charge in [0, 0.05) is 23.3 Å². The summed E-state index contributed by atoms with van der Waals surface area (Å²) in [5, 5.41) is 3.20. The van der Waals surface area contributed by atoms with Crippen LogP contribution in [-0.4, -0.2) is 39.4 Å². The molecule has 0 fully saturated rings. The molecule has 3 aromatic carbocycles. The summed E-state index contributed by atoms with van der Waals surface area (Å²) in [6.45, 7) is 1.46. The number of amides is 1. The van der Waals surface area contributed by atoms with Crippen LogP contribution in [-0.2, 0) is 21.4 Å². The van der Waals surface area contributed by atoms with E-state index in [1.165, 1.54) is 26.4 Å². The van der Waals surface area contributed by atoms with E-state index in [1.54, 1.807) is 54.6 Å². The van der Waals surface area contributed by atoms with Gasteiger partial charge in [-0.2, -0.15) is 4.31 Å². The minimum atomic E-state index is -3.95. The molecule has 0 saturated carbocycles. The van der Waals surface area contributed by atoms with Gasteiger partial charge < -0.3 is 14.8 Å². The number of ether oxygens (including phenoxy) is 2. The highest BCUT2D eigenvalue weighted by atomic mass is 35.5. The molecule has 3 rings (SSSR count). The number of benzene rings is 3. The van der Waals surface area contributed by atoms with Crippen molar-refractivity contribution in [1.29, 1.82) is 0 Å². The van der Waals surface area contributed by atoms with Gasteiger partial charge in [-0.1, -0.05) is 41.4 Å². The SMILES string of the molecule is COc1ccc(NC(=O)CN(Cc2cccc(Cl)c2)S(=O)(=O)c2ccc(C)cc2)cc1OC. The highest BCUT2D eigenvalue weighted by molar-refractivity contribution is 7.89. The molecule has 1 amide bonds. The van der Waals surface area contributed by atoms with Gasteiger partial charge in [0.15, 0.2) is 11.5 Å². The van der Waals surface area contributed by atoms with Gasteiger partial charge in [0.25, 0.3) is 0 Å². The third kappa shape index (κ3) is 6.25. The van der Waals surface area contributed by atoms with Crippen LogP contribution in [0.3, 0.4) is 0 Å². The van der Waals surface area contributed by atoms with Crippen LogP contribution in [0.4, 0.5) is 5.69 Å². The van der Waals surface area contributed by atoms with Gasteiger partial charge in [0.2, 0.25) is 15.9 Å². The van der Waals surface area contributed by atoms with Gasteiger partial charge >= 0.3 is 0 Å². The van der Waals surface area contributed by atoms with Gasteiger partial charge in [-0.3, -0.25) is 4.79 Å². The van der Waals surface area contributed by atoms with Crippen LogP contribution in [0, 0.1) is 6.92 Å². The van der Waals surface area contributed by atoms with E-state index in [0.717, 1.165) is 9.87 Å². The second kappa shape index (κ2) is 10.7. The number of anilines is 1. The number of nitrogens with one attached hydrogen (secondary N) is 1. The Morgan fingerprint density at radius 3 is 2.30 bits per heavy atom. The van der Waals surface area contributed by atoms with E-state index in [2.05, 4.69) is 5.32 Å².